The number of nitrogens with one attached hydrogen (secondary N) is 2. The monoisotopic (exact) mass is 483 g/mol. The van der Waals surface area contributed by atoms with Crippen LogP contribution in [0.3, 0.4) is 0 Å². The number of nitrogens with zero attached hydrogens (tertiary/aromatic N) is 1. The Labute approximate surface area is 204 Å². The molecule has 4 aliphatic carbocycles. The maximum absolute atomic E-state index is 13.9. The summed E-state index contributed by atoms with van der Waals surface area (Å²) in [5, 5.41) is 14.9. The first-order valence-corrected chi connectivity index (χ1v) is 12.5. The van der Waals surface area contributed by atoms with Crippen molar-refractivity contribution in [2.45, 2.75) is 63.2 Å². The number of carbonyl (C=O) groups excluding carboxylic acids is 4. The predicted molar refractivity (Wildman–Crippen MR) is 125 cm³/mol. The van der Waals surface area contributed by atoms with Gasteiger partial charge in [-0.15, -0.1) is 0 Å². The van der Waals surface area contributed by atoms with Gasteiger partial charge < -0.3 is 20.1 Å². The Kier molecular flexibility index (Phi) is 6.29. The fraction of sp³-hybridized carbons (Fsp3) is 0.615. The quantitative estimate of drug-likeness (QED) is 0.550. The number of rotatable bonds is 5. The number of imide groups is 1. The van der Waals surface area contributed by atoms with E-state index in [9.17, 15) is 24.3 Å². The SMILES string of the molecule is CNC(=O)NC(=O)C(OC(=O)C1CC(O)CN1C(=O)C12CC3CC(CC(C3)C1)C2)c1ccccc1. The molecule has 5 aliphatic rings. The van der Waals surface area contributed by atoms with Gasteiger partial charge in [0.2, 0.25) is 12.0 Å². The van der Waals surface area contributed by atoms with Crippen molar-refractivity contribution in [2.24, 2.45) is 23.2 Å². The first kappa shape index (κ1) is 23.8. The van der Waals surface area contributed by atoms with Crippen molar-refractivity contribution in [1.82, 2.24) is 15.5 Å². The Morgan fingerprint density at radius 2 is 1.60 bits per heavy atom. The standard InChI is InChI=1S/C26H33N3O6/c1-27-25(34)28-22(31)21(18-5-3-2-4-6-18)35-23(32)20-10-19(30)14-29(20)24(33)26-11-15-7-16(12-26)9-17(8-15)13-26/h2-6,15-17,19-21,30H,7-14H2,1H3,(H2,27,28,31,34). The number of urea groups is 1. The van der Waals surface area contributed by atoms with Gasteiger partial charge in [0.1, 0.15) is 6.04 Å². The number of benzene rings is 1. The lowest BCUT2D eigenvalue weighted by Crippen LogP contribution is -2.56. The summed E-state index contributed by atoms with van der Waals surface area (Å²) in [6, 6.07) is 6.73. The maximum Gasteiger partial charge on any atom is 0.330 e. The van der Waals surface area contributed by atoms with E-state index >= 15 is 0 Å². The van der Waals surface area contributed by atoms with E-state index in [-0.39, 0.29) is 18.9 Å². The highest BCUT2D eigenvalue weighted by molar-refractivity contribution is 5.98. The van der Waals surface area contributed by atoms with Crippen LogP contribution in [-0.4, -0.2) is 59.6 Å². The largest absolute Gasteiger partial charge is 0.446 e. The molecule has 35 heavy (non-hydrogen) atoms. The molecule has 1 aromatic carbocycles. The van der Waals surface area contributed by atoms with Crippen LogP contribution in [0.4, 0.5) is 4.79 Å². The van der Waals surface area contributed by atoms with Gasteiger partial charge >= 0.3 is 12.0 Å². The lowest BCUT2D eigenvalue weighted by atomic mass is 9.49. The average Bonchev–Trinajstić information content (AvgIpc) is 3.23. The number of amides is 4. The van der Waals surface area contributed by atoms with E-state index in [1.54, 1.807) is 30.3 Å². The number of aliphatic hydroxyl groups excluding tert-OH is 1. The number of aliphatic hydroxyl groups is 1. The summed E-state index contributed by atoms with van der Waals surface area (Å²) >= 11 is 0. The smallest absolute Gasteiger partial charge is 0.330 e. The van der Waals surface area contributed by atoms with Crippen molar-refractivity contribution in [1.29, 1.82) is 0 Å². The van der Waals surface area contributed by atoms with Crippen LogP contribution in [0, 0.1) is 23.2 Å². The Balaban J connectivity index is 1.35. The maximum atomic E-state index is 13.9. The third-order valence-electron chi connectivity index (χ3n) is 8.34. The Morgan fingerprint density at radius 3 is 2.17 bits per heavy atom. The number of esters is 1. The highest BCUT2D eigenvalue weighted by atomic mass is 16.6. The van der Waals surface area contributed by atoms with Gasteiger partial charge in [-0.25, -0.2) is 9.59 Å². The summed E-state index contributed by atoms with van der Waals surface area (Å²) in [5.41, 5.74) is -0.0491. The molecule has 5 fully saturated rings. The minimum Gasteiger partial charge on any atom is -0.446 e. The van der Waals surface area contributed by atoms with Crippen molar-refractivity contribution in [2.75, 3.05) is 13.6 Å². The summed E-state index contributed by atoms with van der Waals surface area (Å²) in [6.45, 7) is 0.0841. The molecule has 4 saturated carbocycles. The van der Waals surface area contributed by atoms with E-state index in [0.29, 0.717) is 23.3 Å². The number of hydrogen-bond donors (Lipinski definition) is 3. The molecule has 4 amide bonds. The van der Waals surface area contributed by atoms with Gasteiger partial charge in [0, 0.05) is 25.6 Å². The van der Waals surface area contributed by atoms with Crippen LogP contribution < -0.4 is 10.6 Å². The zero-order valence-electron chi connectivity index (χ0n) is 19.9. The van der Waals surface area contributed by atoms with Crippen LogP contribution in [-0.2, 0) is 19.1 Å². The topological polar surface area (TPSA) is 125 Å². The molecule has 1 aliphatic heterocycles. The van der Waals surface area contributed by atoms with Crippen molar-refractivity contribution >= 4 is 23.8 Å². The van der Waals surface area contributed by atoms with Crippen LogP contribution in [0.15, 0.2) is 30.3 Å². The summed E-state index contributed by atoms with van der Waals surface area (Å²) in [4.78, 5) is 53.3. The first-order valence-electron chi connectivity index (χ1n) is 12.5. The van der Waals surface area contributed by atoms with Crippen LogP contribution in [0.25, 0.3) is 0 Å². The lowest BCUT2D eigenvalue weighted by Gasteiger charge is -2.56. The minimum atomic E-state index is -1.37. The molecule has 1 aromatic rings. The van der Waals surface area contributed by atoms with Crippen LogP contribution in [0.2, 0.25) is 0 Å². The molecule has 1 heterocycles. The van der Waals surface area contributed by atoms with Gasteiger partial charge in [0.05, 0.1) is 11.5 Å². The fourth-order valence-corrected chi connectivity index (χ4v) is 7.27. The van der Waals surface area contributed by atoms with Crippen LogP contribution in [0.5, 0.6) is 0 Å². The Morgan fingerprint density at radius 1 is 1.00 bits per heavy atom. The van der Waals surface area contributed by atoms with E-state index in [1.807, 2.05) is 0 Å². The van der Waals surface area contributed by atoms with Crippen molar-refractivity contribution in [3.63, 3.8) is 0 Å². The molecular weight excluding hydrogens is 450 g/mol. The number of carbonyl (C=O) groups is 4. The van der Waals surface area contributed by atoms with Crippen LogP contribution in [0.1, 0.15) is 56.6 Å². The number of likely N-dealkylation sites (tertiary alicyclic amines) is 1. The minimum absolute atomic E-state index is 0.0545. The molecule has 0 spiro atoms. The second-order valence-electron chi connectivity index (χ2n) is 10.9. The molecular formula is C26H33N3O6. The molecule has 188 valence electrons. The molecule has 1 saturated heterocycles. The van der Waals surface area contributed by atoms with Gasteiger partial charge in [-0.2, -0.15) is 0 Å². The number of β-amino-alcohol motifs (C(OH)–C–C–N with tert-alkyl or cyclic N) is 1. The van der Waals surface area contributed by atoms with Crippen molar-refractivity contribution < 1.29 is 29.0 Å². The van der Waals surface area contributed by atoms with E-state index in [0.717, 1.165) is 19.3 Å². The Hall–Kier alpha value is -2.94. The predicted octanol–water partition coefficient (Wildman–Crippen LogP) is 1.90. The van der Waals surface area contributed by atoms with Crippen LogP contribution >= 0.6 is 0 Å². The van der Waals surface area contributed by atoms with Gasteiger partial charge in [-0.3, -0.25) is 14.9 Å². The number of ether oxygens (including phenoxy) is 1. The van der Waals surface area contributed by atoms with E-state index in [2.05, 4.69) is 10.6 Å². The molecule has 0 aromatic heterocycles. The van der Waals surface area contributed by atoms with Crippen molar-refractivity contribution in [3.05, 3.63) is 35.9 Å². The van der Waals surface area contributed by atoms with Gasteiger partial charge in [0.25, 0.3) is 5.91 Å². The van der Waals surface area contributed by atoms with Gasteiger partial charge in [-0.1, -0.05) is 30.3 Å². The molecule has 3 unspecified atom stereocenters. The molecule has 9 heteroatoms. The third kappa shape index (κ3) is 4.53. The summed E-state index contributed by atoms with van der Waals surface area (Å²) in [7, 11) is 1.38. The molecule has 3 atom stereocenters. The van der Waals surface area contributed by atoms with E-state index < -0.39 is 41.6 Å². The molecule has 4 bridgehead atoms. The summed E-state index contributed by atoms with van der Waals surface area (Å²) < 4.78 is 5.64. The molecule has 9 nitrogen and oxygen atoms in total. The Bertz CT molecular complexity index is 976. The summed E-state index contributed by atoms with van der Waals surface area (Å²) in [5.74, 6) is 0.111. The third-order valence-corrected chi connectivity index (χ3v) is 8.34. The van der Waals surface area contributed by atoms with Gasteiger partial charge in [0.15, 0.2) is 0 Å². The highest BCUT2D eigenvalue weighted by Gasteiger charge is 2.57. The molecule has 6 rings (SSSR count). The second-order valence-corrected chi connectivity index (χ2v) is 10.9. The van der Waals surface area contributed by atoms with Crippen molar-refractivity contribution in [3.8, 4) is 0 Å². The average molecular weight is 484 g/mol. The number of hydrogen-bond acceptors (Lipinski definition) is 6. The van der Waals surface area contributed by atoms with E-state index in [4.69, 9.17) is 4.74 Å². The molecule has 0 radical (unpaired) electrons. The zero-order chi connectivity index (χ0) is 24.7. The fourth-order valence-electron chi connectivity index (χ4n) is 7.27. The molecule has 3 N–H and O–H groups in total. The van der Waals surface area contributed by atoms with Gasteiger partial charge in [-0.05, 0) is 56.3 Å². The first-order chi connectivity index (χ1) is 16.8. The summed E-state index contributed by atoms with van der Waals surface area (Å²) in [6.07, 6.45) is 4.01. The van der Waals surface area contributed by atoms with E-state index in [1.165, 1.54) is 31.2 Å². The normalized spacial score (nSPS) is 33.8. The highest BCUT2D eigenvalue weighted by Crippen LogP contribution is 2.60. The second kappa shape index (κ2) is 9.26. The zero-order valence-corrected chi connectivity index (χ0v) is 19.9. The lowest BCUT2D eigenvalue weighted by molar-refractivity contribution is -0.169.